The summed E-state index contributed by atoms with van der Waals surface area (Å²) in [4.78, 5) is 37.3. The topological polar surface area (TPSA) is 101 Å². The second-order valence-corrected chi connectivity index (χ2v) is 9.38. The second kappa shape index (κ2) is 10.2. The number of aromatic nitrogens is 2. The van der Waals surface area contributed by atoms with Crippen LogP contribution < -0.4 is 10.9 Å². The fraction of sp³-hybridized carbons (Fsp3) is 0.250. The number of carboxylic acids is 1. The molecular formula is C24H20Cl3N3O4. The van der Waals surface area contributed by atoms with Crippen molar-refractivity contribution >= 4 is 46.7 Å². The number of halogens is 3. The van der Waals surface area contributed by atoms with Gasteiger partial charge in [-0.3, -0.25) is 9.59 Å². The number of amides is 1. The van der Waals surface area contributed by atoms with Gasteiger partial charge in [-0.1, -0.05) is 65.1 Å². The van der Waals surface area contributed by atoms with E-state index < -0.39 is 17.9 Å². The predicted molar refractivity (Wildman–Crippen MR) is 131 cm³/mol. The summed E-state index contributed by atoms with van der Waals surface area (Å²) >= 11 is 18.4. The molecule has 34 heavy (non-hydrogen) atoms. The van der Waals surface area contributed by atoms with Crippen molar-refractivity contribution in [1.29, 1.82) is 0 Å². The van der Waals surface area contributed by atoms with Gasteiger partial charge in [-0.15, -0.1) is 0 Å². The van der Waals surface area contributed by atoms with E-state index in [2.05, 4.69) is 10.4 Å². The number of carbonyl (C=O) groups excluding carboxylic acids is 1. The lowest BCUT2D eigenvalue weighted by Crippen LogP contribution is -2.42. The Kier molecular flexibility index (Phi) is 7.26. The minimum Gasteiger partial charge on any atom is -0.480 e. The Bertz CT molecular complexity index is 1280. The van der Waals surface area contributed by atoms with E-state index in [9.17, 15) is 19.5 Å². The van der Waals surface area contributed by atoms with Crippen molar-refractivity contribution in [1.82, 2.24) is 15.1 Å². The smallest absolute Gasteiger partial charge is 0.326 e. The maximum atomic E-state index is 12.9. The third kappa shape index (κ3) is 5.43. The molecule has 1 heterocycles. The Morgan fingerprint density at radius 2 is 1.71 bits per heavy atom. The maximum absolute atomic E-state index is 12.9. The van der Waals surface area contributed by atoms with Crippen LogP contribution in [0.25, 0.3) is 11.1 Å². The molecule has 1 aromatic heterocycles. The highest BCUT2D eigenvalue weighted by molar-refractivity contribution is 6.39. The van der Waals surface area contributed by atoms with Gasteiger partial charge in [0.25, 0.3) is 11.5 Å². The highest BCUT2D eigenvalue weighted by Crippen LogP contribution is 2.31. The number of carboxylic acid groups (broad SMARTS) is 1. The minimum absolute atomic E-state index is 0.0133. The molecule has 0 saturated heterocycles. The Hall–Kier alpha value is -2.87. The van der Waals surface area contributed by atoms with Gasteiger partial charge < -0.3 is 10.4 Å². The van der Waals surface area contributed by atoms with Crippen LogP contribution in [0.15, 0.2) is 53.5 Å². The molecule has 1 amide bonds. The highest BCUT2D eigenvalue weighted by Gasteiger charge is 2.25. The molecule has 0 radical (unpaired) electrons. The van der Waals surface area contributed by atoms with Crippen molar-refractivity contribution in [2.75, 3.05) is 0 Å². The molecule has 1 atom stereocenters. The fourth-order valence-corrected chi connectivity index (χ4v) is 4.40. The zero-order chi connectivity index (χ0) is 24.4. The maximum Gasteiger partial charge on any atom is 0.326 e. The molecule has 2 aromatic carbocycles. The average Bonchev–Trinajstić information content (AvgIpc) is 3.60. The number of hydrogen-bond acceptors (Lipinski definition) is 4. The minimum atomic E-state index is -1.22. The molecule has 2 N–H and O–H groups in total. The molecule has 3 aromatic rings. The van der Waals surface area contributed by atoms with E-state index in [-0.39, 0.29) is 32.6 Å². The van der Waals surface area contributed by atoms with E-state index in [4.69, 9.17) is 34.8 Å². The van der Waals surface area contributed by atoms with E-state index in [1.54, 1.807) is 30.3 Å². The fourth-order valence-electron chi connectivity index (χ4n) is 3.59. The van der Waals surface area contributed by atoms with E-state index in [0.717, 1.165) is 12.8 Å². The van der Waals surface area contributed by atoms with Gasteiger partial charge >= 0.3 is 5.97 Å². The van der Waals surface area contributed by atoms with Crippen LogP contribution in [-0.2, 0) is 17.8 Å². The molecule has 176 valence electrons. The molecule has 10 heteroatoms. The number of carbonyl (C=O) groups is 2. The number of benzene rings is 2. The number of nitrogens with one attached hydrogen (secondary N) is 1. The van der Waals surface area contributed by atoms with E-state index in [1.807, 2.05) is 0 Å². The van der Waals surface area contributed by atoms with Crippen molar-refractivity contribution in [3.05, 3.63) is 85.2 Å². The van der Waals surface area contributed by atoms with Crippen LogP contribution in [0.1, 0.15) is 28.8 Å². The summed E-state index contributed by atoms with van der Waals surface area (Å²) in [6, 6.07) is 10.2. The van der Waals surface area contributed by atoms with Crippen LogP contribution in [0, 0.1) is 5.92 Å². The van der Waals surface area contributed by atoms with Crippen molar-refractivity contribution in [3.63, 3.8) is 0 Å². The number of rotatable bonds is 8. The van der Waals surface area contributed by atoms with Crippen LogP contribution in [0.3, 0.4) is 0 Å². The van der Waals surface area contributed by atoms with Crippen molar-refractivity contribution in [3.8, 4) is 11.1 Å². The van der Waals surface area contributed by atoms with Crippen molar-refractivity contribution in [2.24, 2.45) is 5.92 Å². The van der Waals surface area contributed by atoms with Gasteiger partial charge in [0.05, 0.1) is 32.4 Å². The molecule has 0 bridgehead atoms. The standard InChI is InChI=1S/C24H20Cl3N3O4/c25-16-2-1-3-17(26)21(16)22(31)29-19(24(33)34)10-13-6-8-15(9-7-13)20-18(27)11-28-30(23(20)32)12-14-4-5-14/h1-3,6-9,11,14,19H,4-5,10,12H2,(H,29,31)(H,33,34)/t19-/m0/s1. The largest absolute Gasteiger partial charge is 0.480 e. The van der Waals surface area contributed by atoms with Gasteiger partial charge in [0.2, 0.25) is 0 Å². The third-order valence-electron chi connectivity index (χ3n) is 5.60. The Labute approximate surface area is 210 Å². The van der Waals surface area contributed by atoms with Gasteiger partial charge in [-0.2, -0.15) is 5.10 Å². The molecule has 1 aliphatic rings. The van der Waals surface area contributed by atoms with E-state index in [0.29, 0.717) is 29.2 Å². The zero-order valence-corrected chi connectivity index (χ0v) is 20.1. The van der Waals surface area contributed by atoms with Gasteiger partial charge in [0.1, 0.15) is 6.04 Å². The van der Waals surface area contributed by atoms with Gasteiger partial charge in [-0.25, -0.2) is 9.48 Å². The second-order valence-electron chi connectivity index (χ2n) is 8.16. The third-order valence-corrected chi connectivity index (χ3v) is 6.52. The predicted octanol–water partition coefficient (Wildman–Crippen LogP) is 4.71. The first-order valence-electron chi connectivity index (χ1n) is 10.6. The first kappa shape index (κ1) is 24.3. The summed E-state index contributed by atoms with van der Waals surface area (Å²) in [6.07, 6.45) is 3.65. The molecule has 1 fully saturated rings. The summed E-state index contributed by atoms with van der Waals surface area (Å²) in [6.45, 7) is 0.566. The van der Waals surface area contributed by atoms with E-state index in [1.165, 1.54) is 23.0 Å². The Morgan fingerprint density at radius 1 is 1.06 bits per heavy atom. The lowest BCUT2D eigenvalue weighted by atomic mass is 10.0. The molecule has 1 saturated carbocycles. The van der Waals surface area contributed by atoms with Crippen LogP contribution >= 0.6 is 34.8 Å². The lowest BCUT2D eigenvalue weighted by Gasteiger charge is -2.16. The SMILES string of the molecule is O=C(N[C@@H](Cc1ccc(-c2c(Cl)cnn(CC3CC3)c2=O)cc1)C(=O)O)c1c(Cl)cccc1Cl. The lowest BCUT2D eigenvalue weighted by molar-refractivity contribution is -0.139. The molecule has 0 spiro atoms. The summed E-state index contributed by atoms with van der Waals surface area (Å²) in [5.41, 5.74) is 1.34. The summed E-state index contributed by atoms with van der Waals surface area (Å²) < 4.78 is 1.43. The molecule has 7 nitrogen and oxygen atoms in total. The number of hydrogen-bond donors (Lipinski definition) is 2. The van der Waals surface area contributed by atoms with Crippen LogP contribution in [0.4, 0.5) is 0 Å². The average molecular weight is 521 g/mol. The number of aliphatic carboxylic acids is 1. The van der Waals surface area contributed by atoms with Crippen molar-refractivity contribution in [2.45, 2.75) is 31.8 Å². The summed E-state index contributed by atoms with van der Waals surface area (Å²) in [5.74, 6) is -1.41. The summed E-state index contributed by atoms with van der Waals surface area (Å²) in [7, 11) is 0. The Balaban J connectivity index is 1.53. The monoisotopic (exact) mass is 519 g/mol. The zero-order valence-electron chi connectivity index (χ0n) is 17.8. The highest BCUT2D eigenvalue weighted by atomic mass is 35.5. The Morgan fingerprint density at radius 3 is 2.29 bits per heavy atom. The van der Waals surface area contributed by atoms with Gasteiger partial charge in [-0.05, 0) is 42.0 Å². The molecule has 4 rings (SSSR count). The van der Waals surface area contributed by atoms with Gasteiger partial charge in [0, 0.05) is 13.0 Å². The van der Waals surface area contributed by atoms with Crippen LogP contribution in [-0.4, -0.2) is 32.8 Å². The normalized spacial score (nSPS) is 14.0. The van der Waals surface area contributed by atoms with Gasteiger partial charge in [0.15, 0.2) is 0 Å². The van der Waals surface area contributed by atoms with Crippen molar-refractivity contribution < 1.29 is 14.7 Å². The molecule has 0 aliphatic heterocycles. The first-order valence-corrected chi connectivity index (χ1v) is 11.7. The molecule has 0 unspecified atom stereocenters. The number of nitrogens with zero attached hydrogens (tertiary/aromatic N) is 2. The quantitative estimate of drug-likeness (QED) is 0.448. The first-order chi connectivity index (χ1) is 16.2. The molecular weight excluding hydrogens is 501 g/mol. The van der Waals surface area contributed by atoms with Crippen LogP contribution in [0.2, 0.25) is 15.1 Å². The van der Waals surface area contributed by atoms with Crippen LogP contribution in [0.5, 0.6) is 0 Å². The molecule has 1 aliphatic carbocycles. The van der Waals surface area contributed by atoms with E-state index >= 15 is 0 Å². The summed E-state index contributed by atoms with van der Waals surface area (Å²) in [5, 5.41) is 16.7.